The molecule has 1 atom stereocenters. The topological polar surface area (TPSA) is 41.9 Å². The number of aliphatic hydroxyl groups excluding tert-OH is 1. The second kappa shape index (κ2) is 8.72. The van der Waals surface area contributed by atoms with Crippen LogP contribution in [-0.2, 0) is 23.2 Å². The monoisotopic (exact) mass is 421 g/mol. The van der Waals surface area contributed by atoms with E-state index in [0.29, 0.717) is 11.6 Å². The van der Waals surface area contributed by atoms with E-state index in [4.69, 9.17) is 21.1 Å². The van der Waals surface area contributed by atoms with E-state index in [0.717, 1.165) is 51.1 Å². The van der Waals surface area contributed by atoms with Gasteiger partial charge in [0, 0.05) is 40.8 Å². The van der Waals surface area contributed by atoms with Crippen molar-refractivity contribution in [3.05, 3.63) is 50.7 Å². The summed E-state index contributed by atoms with van der Waals surface area (Å²) in [4.78, 5) is 5.31. The Hall–Kier alpha value is -1.11. The molecule has 1 unspecified atom stereocenters. The molecule has 2 aliphatic heterocycles. The Morgan fingerprint density at radius 1 is 1.29 bits per heavy atom. The van der Waals surface area contributed by atoms with Crippen LogP contribution in [0.25, 0.3) is 0 Å². The number of β-amino-alcohol motifs (C(OH)–C–C–N with tert-alkyl or cyclic N) is 1. The third kappa shape index (κ3) is 4.39. The van der Waals surface area contributed by atoms with Gasteiger partial charge in [0.25, 0.3) is 0 Å². The molecule has 1 N–H and O–H groups in total. The molecule has 1 aromatic carbocycles. The number of likely N-dealkylation sites (tertiary alicyclic amines) is 1. The van der Waals surface area contributed by atoms with Crippen molar-refractivity contribution in [3.8, 4) is 5.75 Å². The van der Waals surface area contributed by atoms with Crippen LogP contribution in [-0.4, -0.2) is 49.0 Å². The number of hydrogen-bond acceptors (Lipinski definition) is 5. The lowest BCUT2D eigenvalue weighted by Crippen LogP contribution is -2.48. The van der Waals surface area contributed by atoms with Gasteiger partial charge < -0.3 is 19.5 Å². The van der Waals surface area contributed by atoms with Crippen molar-refractivity contribution in [3.63, 3.8) is 0 Å². The molecule has 0 amide bonds. The van der Waals surface area contributed by atoms with E-state index >= 15 is 0 Å². The molecule has 4 nitrogen and oxygen atoms in total. The van der Waals surface area contributed by atoms with Gasteiger partial charge in [-0.05, 0) is 55.2 Å². The number of hydrogen-bond donors (Lipinski definition) is 1. The van der Waals surface area contributed by atoms with E-state index in [-0.39, 0.29) is 12.2 Å². The van der Waals surface area contributed by atoms with Gasteiger partial charge >= 0.3 is 0 Å². The zero-order valence-corrected chi connectivity index (χ0v) is 17.9. The summed E-state index contributed by atoms with van der Waals surface area (Å²) < 4.78 is 12.0. The van der Waals surface area contributed by atoms with E-state index in [2.05, 4.69) is 17.9 Å². The fraction of sp³-hybridized carbons (Fsp3) is 0.545. The highest BCUT2D eigenvalue weighted by atomic mass is 35.5. The summed E-state index contributed by atoms with van der Waals surface area (Å²) >= 11 is 7.85. The molecule has 1 aromatic heterocycles. The highest BCUT2D eigenvalue weighted by Gasteiger charge is 2.42. The van der Waals surface area contributed by atoms with Crippen LogP contribution in [0.3, 0.4) is 0 Å². The summed E-state index contributed by atoms with van der Waals surface area (Å²) in [5.41, 5.74) is 1.32. The van der Waals surface area contributed by atoms with E-state index < -0.39 is 6.10 Å². The molecular formula is C22H28ClNO3S. The molecule has 1 fully saturated rings. The van der Waals surface area contributed by atoms with E-state index in [1.165, 1.54) is 15.3 Å². The molecule has 0 bridgehead atoms. The maximum Gasteiger partial charge on any atom is 0.119 e. The Morgan fingerprint density at radius 3 is 2.75 bits per heavy atom. The van der Waals surface area contributed by atoms with Crippen molar-refractivity contribution < 1.29 is 14.6 Å². The van der Waals surface area contributed by atoms with E-state index in [9.17, 15) is 5.11 Å². The van der Waals surface area contributed by atoms with Gasteiger partial charge in [-0.2, -0.15) is 0 Å². The van der Waals surface area contributed by atoms with Gasteiger partial charge in [-0.1, -0.05) is 18.5 Å². The maximum atomic E-state index is 10.4. The van der Waals surface area contributed by atoms with E-state index in [1.54, 1.807) is 12.1 Å². The molecular weight excluding hydrogens is 394 g/mol. The Balaban J connectivity index is 1.30. The van der Waals surface area contributed by atoms with Crippen molar-refractivity contribution in [1.82, 2.24) is 4.90 Å². The van der Waals surface area contributed by atoms with Crippen LogP contribution < -0.4 is 4.74 Å². The Labute approximate surface area is 176 Å². The van der Waals surface area contributed by atoms with Crippen LogP contribution in [0.1, 0.15) is 35.1 Å². The molecule has 152 valence electrons. The summed E-state index contributed by atoms with van der Waals surface area (Å²) in [5, 5.41) is 11.1. The summed E-state index contributed by atoms with van der Waals surface area (Å²) in [6.45, 7) is 5.84. The number of aryl methyl sites for hydroxylation is 1. The fourth-order valence-corrected chi connectivity index (χ4v) is 5.53. The minimum Gasteiger partial charge on any atom is -0.491 e. The molecule has 1 saturated heterocycles. The van der Waals surface area contributed by atoms with Gasteiger partial charge in [0.2, 0.25) is 0 Å². The lowest BCUT2D eigenvalue weighted by Gasteiger charge is -2.44. The number of ether oxygens (including phenoxy) is 2. The second-order valence-corrected chi connectivity index (χ2v) is 9.37. The number of thiophene rings is 1. The molecule has 1 spiro atoms. The van der Waals surface area contributed by atoms with Crippen LogP contribution in [0.4, 0.5) is 0 Å². The lowest BCUT2D eigenvalue weighted by molar-refractivity contribution is -0.101. The zero-order valence-electron chi connectivity index (χ0n) is 16.3. The Morgan fingerprint density at radius 2 is 2.04 bits per heavy atom. The van der Waals surface area contributed by atoms with E-state index in [1.807, 2.05) is 23.5 Å². The first-order chi connectivity index (χ1) is 13.6. The van der Waals surface area contributed by atoms with Crippen molar-refractivity contribution in [2.45, 2.75) is 44.3 Å². The molecule has 4 rings (SSSR count). The molecule has 3 heterocycles. The second-order valence-electron chi connectivity index (χ2n) is 7.72. The van der Waals surface area contributed by atoms with Crippen LogP contribution in [0, 0.1) is 0 Å². The van der Waals surface area contributed by atoms with Gasteiger partial charge in [0.15, 0.2) is 0 Å². The molecule has 0 radical (unpaired) electrons. The third-order valence-electron chi connectivity index (χ3n) is 5.80. The predicted octanol–water partition coefficient (Wildman–Crippen LogP) is 4.27. The van der Waals surface area contributed by atoms with Crippen molar-refractivity contribution in [2.24, 2.45) is 0 Å². The summed E-state index contributed by atoms with van der Waals surface area (Å²) in [6, 6.07) is 9.61. The van der Waals surface area contributed by atoms with Crippen LogP contribution in [0.2, 0.25) is 5.02 Å². The van der Waals surface area contributed by atoms with Crippen molar-refractivity contribution >= 4 is 22.9 Å². The quantitative estimate of drug-likeness (QED) is 0.756. The van der Waals surface area contributed by atoms with Gasteiger partial charge in [-0.25, -0.2) is 0 Å². The largest absolute Gasteiger partial charge is 0.491 e. The average Bonchev–Trinajstić information content (AvgIpc) is 3.15. The fourth-order valence-electron chi connectivity index (χ4n) is 4.23. The highest BCUT2D eigenvalue weighted by Crippen LogP contribution is 2.44. The van der Waals surface area contributed by atoms with Crippen molar-refractivity contribution in [1.29, 1.82) is 0 Å². The third-order valence-corrected chi connectivity index (χ3v) is 7.39. The first kappa shape index (κ1) is 20.2. The average molecular weight is 422 g/mol. The van der Waals surface area contributed by atoms with Crippen molar-refractivity contribution in [2.75, 3.05) is 32.8 Å². The molecule has 2 aliphatic rings. The van der Waals surface area contributed by atoms with Gasteiger partial charge in [0.1, 0.15) is 18.5 Å². The molecule has 0 saturated carbocycles. The zero-order chi connectivity index (χ0) is 19.6. The SMILES string of the molecule is CCc1cc2c(s1)CCOC21CCN(CC(O)COc2ccc(Cl)cc2)CC1. The first-order valence-corrected chi connectivity index (χ1v) is 11.3. The lowest BCUT2D eigenvalue weighted by atomic mass is 9.82. The minimum atomic E-state index is -0.514. The summed E-state index contributed by atoms with van der Waals surface area (Å²) in [6.07, 6.45) is 3.61. The Kier molecular flexibility index (Phi) is 6.28. The van der Waals surface area contributed by atoms with Crippen LogP contribution in [0.5, 0.6) is 5.75 Å². The normalized spacial score (nSPS) is 20.1. The smallest absolute Gasteiger partial charge is 0.119 e. The summed E-state index contributed by atoms with van der Waals surface area (Å²) in [5.74, 6) is 0.730. The van der Waals surface area contributed by atoms with Gasteiger partial charge in [0.05, 0.1) is 12.2 Å². The van der Waals surface area contributed by atoms with Crippen LogP contribution >= 0.6 is 22.9 Å². The number of aliphatic hydroxyl groups is 1. The van der Waals surface area contributed by atoms with Gasteiger partial charge in [-0.15, -0.1) is 11.3 Å². The predicted molar refractivity (Wildman–Crippen MR) is 114 cm³/mol. The number of benzene rings is 1. The molecule has 28 heavy (non-hydrogen) atoms. The standard InChI is InChI=1S/C22H28ClNO3S/c1-2-19-13-20-21(28-19)7-12-27-22(20)8-10-24(11-9-22)14-17(25)15-26-18-5-3-16(23)4-6-18/h3-6,13,17,25H,2,7-12,14-15H2,1H3. The number of nitrogens with zero attached hydrogens (tertiary/aromatic N) is 1. The van der Waals surface area contributed by atoms with Gasteiger partial charge in [-0.3, -0.25) is 0 Å². The van der Waals surface area contributed by atoms with Crippen LogP contribution in [0.15, 0.2) is 30.3 Å². The number of halogens is 1. The minimum absolute atomic E-state index is 0.112. The maximum absolute atomic E-state index is 10.4. The highest BCUT2D eigenvalue weighted by molar-refractivity contribution is 7.12. The first-order valence-electron chi connectivity index (χ1n) is 10.1. The molecule has 0 aliphatic carbocycles. The Bertz CT molecular complexity index is 784. The number of rotatable bonds is 6. The molecule has 2 aromatic rings. The summed E-state index contributed by atoms with van der Waals surface area (Å²) in [7, 11) is 0. The number of fused-ring (bicyclic) bond motifs is 2. The molecule has 6 heteroatoms. The number of piperidine rings is 1.